The number of pyridine rings is 2. The summed E-state index contributed by atoms with van der Waals surface area (Å²) in [5, 5.41) is 13.6. The third kappa shape index (κ3) is 8.08. The highest BCUT2D eigenvalue weighted by molar-refractivity contribution is 6.05. The normalized spacial score (nSPS) is 14.9. The number of aromatic nitrogens is 4. The molecular formula is C33H36F3N7O3. The quantitative estimate of drug-likeness (QED) is 0.147. The maximum Gasteiger partial charge on any atom is 0.416 e. The summed E-state index contributed by atoms with van der Waals surface area (Å²) in [6.07, 6.45) is 9.13. The number of hydrogen-bond acceptors (Lipinski definition) is 7. The molecule has 1 aromatic carbocycles. The number of amides is 2. The molecular weight excluding hydrogens is 599 g/mol. The largest absolute Gasteiger partial charge is 0.416 e. The third-order valence-electron chi connectivity index (χ3n) is 8.06. The number of fused-ring (bicyclic) bond motifs is 1. The molecule has 242 valence electrons. The maximum absolute atomic E-state index is 13.0. The molecule has 1 aliphatic carbocycles. The number of halogens is 3. The van der Waals surface area contributed by atoms with Gasteiger partial charge in [-0.25, -0.2) is 9.97 Å². The summed E-state index contributed by atoms with van der Waals surface area (Å²) < 4.78 is 44.7. The van der Waals surface area contributed by atoms with Crippen LogP contribution in [-0.2, 0) is 15.7 Å². The Kier molecular flexibility index (Phi) is 10.3. The summed E-state index contributed by atoms with van der Waals surface area (Å²) in [5.41, 5.74) is 8.14. The Balaban J connectivity index is 1.24. The van der Waals surface area contributed by atoms with Crippen LogP contribution in [-0.4, -0.2) is 51.2 Å². The van der Waals surface area contributed by atoms with Gasteiger partial charge < -0.3 is 21.1 Å². The number of carbonyl (C=O) groups is 2. The van der Waals surface area contributed by atoms with Crippen molar-refractivity contribution in [2.75, 3.05) is 18.2 Å². The topological polar surface area (TPSA) is 148 Å². The van der Waals surface area contributed by atoms with E-state index >= 15 is 0 Å². The van der Waals surface area contributed by atoms with E-state index in [9.17, 15) is 22.8 Å². The monoisotopic (exact) mass is 635 g/mol. The molecule has 0 radical (unpaired) electrons. The number of hydrogen-bond donors (Lipinski definition) is 4. The Labute approximate surface area is 264 Å². The van der Waals surface area contributed by atoms with Crippen LogP contribution in [0.25, 0.3) is 28.2 Å². The first-order valence-corrected chi connectivity index (χ1v) is 15.2. The number of rotatable bonds is 11. The number of ether oxygens (including phenoxy) is 1. The molecule has 1 fully saturated rings. The lowest BCUT2D eigenvalue weighted by Crippen LogP contribution is -2.36. The van der Waals surface area contributed by atoms with Gasteiger partial charge in [0.1, 0.15) is 17.2 Å². The van der Waals surface area contributed by atoms with Gasteiger partial charge in [0.15, 0.2) is 0 Å². The molecule has 3 aromatic heterocycles. The smallest absolute Gasteiger partial charge is 0.383 e. The minimum Gasteiger partial charge on any atom is -0.383 e. The number of methoxy groups -OCH3 is 1. The van der Waals surface area contributed by atoms with E-state index in [1.54, 1.807) is 25.4 Å². The van der Waals surface area contributed by atoms with Crippen LogP contribution in [0.1, 0.15) is 72.9 Å². The molecule has 0 spiro atoms. The lowest BCUT2D eigenvalue weighted by Gasteiger charge is -2.22. The fraction of sp³-hybridized carbons (Fsp3) is 0.364. The van der Waals surface area contributed by atoms with Gasteiger partial charge in [-0.05, 0) is 49.9 Å². The predicted molar refractivity (Wildman–Crippen MR) is 170 cm³/mol. The predicted octanol–water partition coefficient (Wildman–Crippen LogP) is 6.52. The summed E-state index contributed by atoms with van der Waals surface area (Å²) in [4.78, 5) is 33.2. The molecule has 10 nitrogen and oxygen atoms in total. The second kappa shape index (κ2) is 14.5. The van der Waals surface area contributed by atoms with E-state index in [0.29, 0.717) is 53.0 Å². The molecule has 5 N–H and O–H groups in total. The summed E-state index contributed by atoms with van der Waals surface area (Å²) in [6.45, 7) is 0. The van der Waals surface area contributed by atoms with E-state index < -0.39 is 17.6 Å². The molecule has 0 aliphatic heterocycles. The standard InChI is InChI=1S/C33H36F3N7O3/c1-46-25(8-5-9-27(44)40-24-6-3-2-4-7-24)15-14-22-19-39-31(37)28-29(42-43-30(22)28)20-10-12-21(13-11-20)32(45)41-26-18-23(16-17-38-26)33(34,35)36/h10-19,24-25H,2-9H2,1H3,(H2,37,39)(H,40,44)(H,42,43)(H,38,41,45)/b15-14+. The average Bonchev–Trinajstić information content (AvgIpc) is 3.50. The molecule has 4 aromatic rings. The molecule has 0 bridgehead atoms. The Hall–Kier alpha value is -4.78. The second-order valence-corrected chi connectivity index (χ2v) is 11.3. The fourth-order valence-corrected chi connectivity index (χ4v) is 5.56. The molecule has 0 saturated heterocycles. The van der Waals surface area contributed by atoms with Crippen molar-refractivity contribution in [3.8, 4) is 11.3 Å². The van der Waals surface area contributed by atoms with Gasteiger partial charge in [-0.1, -0.05) is 43.5 Å². The zero-order valence-corrected chi connectivity index (χ0v) is 25.4. The number of nitrogen functional groups attached to an aromatic ring is 1. The Bertz CT molecular complexity index is 1700. The molecule has 5 rings (SSSR count). The Morgan fingerprint density at radius 2 is 1.89 bits per heavy atom. The van der Waals surface area contributed by atoms with Crippen molar-refractivity contribution in [1.82, 2.24) is 25.5 Å². The zero-order valence-electron chi connectivity index (χ0n) is 25.4. The van der Waals surface area contributed by atoms with Crippen molar-refractivity contribution in [3.05, 3.63) is 71.6 Å². The SMILES string of the molecule is COC(/C=C/c1cnc(N)c2c(-c3ccc(C(=O)Nc4cc(C(F)(F)F)ccn4)cc3)[nH]nc12)CCCC(=O)NC1CCCCC1. The van der Waals surface area contributed by atoms with Crippen molar-refractivity contribution in [3.63, 3.8) is 0 Å². The third-order valence-corrected chi connectivity index (χ3v) is 8.06. The van der Waals surface area contributed by atoms with Gasteiger partial charge in [-0.2, -0.15) is 18.3 Å². The number of carbonyl (C=O) groups excluding carboxylic acids is 2. The number of H-pyrrole nitrogens is 1. The number of aromatic amines is 1. The van der Waals surface area contributed by atoms with E-state index in [2.05, 4.69) is 30.8 Å². The molecule has 13 heteroatoms. The van der Waals surface area contributed by atoms with Crippen molar-refractivity contribution in [2.45, 2.75) is 69.7 Å². The van der Waals surface area contributed by atoms with Crippen LogP contribution in [0.4, 0.5) is 24.8 Å². The van der Waals surface area contributed by atoms with Crippen LogP contribution in [0, 0.1) is 0 Å². The van der Waals surface area contributed by atoms with Gasteiger partial charge in [0.25, 0.3) is 5.91 Å². The van der Waals surface area contributed by atoms with E-state index in [-0.39, 0.29) is 29.2 Å². The summed E-state index contributed by atoms with van der Waals surface area (Å²) in [7, 11) is 1.63. The van der Waals surface area contributed by atoms with Crippen LogP contribution >= 0.6 is 0 Å². The average molecular weight is 636 g/mol. The summed E-state index contributed by atoms with van der Waals surface area (Å²) in [6, 6.07) is 8.33. The van der Waals surface area contributed by atoms with Crippen LogP contribution < -0.4 is 16.4 Å². The lowest BCUT2D eigenvalue weighted by atomic mass is 9.95. The minimum absolute atomic E-state index is 0.0839. The van der Waals surface area contributed by atoms with Gasteiger partial charge in [0.2, 0.25) is 5.91 Å². The zero-order chi connectivity index (χ0) is 32.7. The van der Waals surface area contributed by atoms with Crippen molar-refractivity contribution in [2.24, 2.45) is 0 Å². The van der Waals surface area contributed by atoms with Crippen molar-refractivity contribution >= 4 is 40.4 Å². The number of benzene rings is 1. The first-order chi connectivity index (χ1) is 22.1. The van der Waals surface area contributed by atoms with Gasteiger partial charge >= 0.3 is 6.18 Å². The first kappa shape index (κ1) is 32.6. The Morgan fingerprint density at radius 3 is 2.61 bits per heavy atom. The van der Waals surface area contributed by atoms with Gasteiger partial charge in [0, 0.05) is 48.7 Å². The minimum atomic E-state index is -4.55. The lowest BCUT2D eigenvalue weighted by molar-refractivity contribution is -0.137. The molecule has 2 amide bonds. The van der Waals surface area contributed by atoms with Gasteiger partial charge in [-0.3, -0.25) is 14.7 Å². The van der Waals surface area contributed by atoms with Crippen LogP contribution in [0.5, 0.6) is 0 Å². The van der Waals surface area contributed by atoms with E-state index in [1.165, 1.54) is 31.4 Å². The highest BCUT2D eigenvalue weighted by Gasteiger charge is 2.31. The molecule has 46 heavy (non-hydrogen) atoms. The summed E-state index contributed by atoms with van der Waals surface area (Å²) in [5.74, 6) is -0.473. The van der Waals surface area contributed by atoms with Crippen molar-refractivity contribution in [1.29, 1.82) is 0 Å². The fourth-order valence-electron chi connectivity index (χ4n) is 5.56. The number of anilines is 2. The van der Waals surface area contributed by atoms with Crippen LogP contribution in [0.2, 0.25) is 0 Å². The second-order valence-electron chi connectivity index (χ2n) is 11.3. The van der Waals surface area contributed by atoms with Crippen LogP contribution in [0.15, 0.2) is 54.9 Å². The highest BCUT2D eigenvalue weighted by atomic mass is 19.4. The van der Waals surface area contributed by atoms with E-state index in [0.717, 1.165) is 31.2 Å². The molecule has 1 unspecified atom stereocenters. The van der Waals surface area contributed by atoms with E-state index in [1.807, 2.05) is 12.2 Å². The molecule has 3 heterocycles. The summed E-state index contributed by atoms with van der Waals surface area (Å²) >= 11 is 0. The highest BCUT2D eigenvalue weighted by Crippen LogP contribution is 2.33. The van der Waals surface area contributed by atoms with E-state index in [4.69, 9.17) is 10.5 Å². The number of nitrogens with one attached hydrogen (secondary N) is 3. The Morgan fingerprint density at radius 1 is 1.13 bits per heavy atom. The number of alkyl halides is 3. The molecule has 1 aliphatic rings. The molecule has 1 saturated carbocycles. The van der Waals surface area contributed by atoms with Crippen LogP contribution in [0.3, 0.4) is 0 Å². The maximum atomic E-state index is 13.0. The number of nitrogens with two attached hydrogens (primary N) is 1. The van der Waals surface area contributed by atoms with Crippen molar-refractivity contribution < 1.29 is 27.5 Å². The number of nitrogens with zero attached hydrogens (tertiary/aromatic N) is 3. The molecule has 1 atom stereocenters. The van der Waals surface area contributed by atoms with Gasteiger partial charge in [-0.15, -0.1) is 0 Å². The first-order valence-electron chi connectivity index (χ1n) is 15.2. The van der Waals surface area contributed by atoms with Gasteiger partial charge in [0.05, 0.1) is 22.7 Å².